The molecule has 1 aromatic carbocycles. The van der Waals surface area contributed by atoms with Gasteiger partial charge in [-0.25, -0.2) is 0 Å². The van der Waals surface area contributed by atoms with Crippen molar-refractivity contribution in [1.29, 1.82) is 0 Å². The molecule has 0 spiro atoms. The van der Waals surface area contributed by atoms with Crippen molar-refractivity contribution < 1.29 is 0 Å². The summed E-state index contributed by atoms with van der Waals surface area (Å²) in [7, 11) is 0. The van der Waals surface area contributed by atoms with Crippen molar-refractivity contribution in [2.45, 2.75) is 37.6 Å². The van der Waals surface area contributed by atoms with Gasteiger partial charge in [-0.1, -0.05) is 23.7 Å². The molecule has 1 heterocycles. The lowest BCUT2D eigenvalue weighted by Crippen LogP contribution is -2.14. The van der Waals surface area contributed by atoms with Gasteiger partial charge in [-0.15, -0.1) is 0 Å². The minimum absolute atomic E-state index is 0.555. The molecule has 1 saturated heterocycles. The fraction of sp³-hybridized carbons (Fsp3) is 0.538. The van der Waals surface area contributed by atoms with Crippen molar-refractivity contribution in [1.82, 2.24) is 5.32 Å². The molecule has 1 aromatic rings. The van der Waals surface area contributed by atoms with E-state index in [9.17, 15) is 0 Å². The molecule has 1 aliphatic heterocycles. The molecule has 2 aliphatic rings. The van der Waals surface area contributed by atoms with E-state index in [0.717, 1.165) is 17.5 Å². The molecule has 15 heavy (non-hydrogen) atoms. The molecule has 1 saturated carbocycles. The molecule has 0 aromatic heterocycles. The highest BCUT2D eigenvalue weighted by atomic mass is 35.5. The van der Waals surface area contributed by atoms with Gasteiger partial charge in [0.2, 0.25) is 0 Å². The molecule has 1 N–H and O–H groups in total. The molecule has 2 heteroatoms. The van der Waals surface area contributed by atoms with Crippen LogP contribution in [0.25, 0.3) is 0 Å². The molecule has 2 fully saturated rings. The molecule has 1 aliphatic carbocycles. The molecule has 0 bridgehead atoms. The maximum absolute atomic E-state index is 6.32. The van der Waals surface area contributed by atoms with Gasteiger partial charge in [-0.3, -0.25) is 0 Å². The zero-order valence-electron chi connectivity index (χ0n) is 8.80. The van der Waals surface area contributed by atoms with Crippen LogP contribution in [0.3, 0.4) is 0 Å². The van der Waals surface area contributed by atoms with Crippen molar-refractivity contribution in [2.75, 3.05) is 6.54 Å². The minimum atomic E-state index is 0.555. The molecular weight excluding hydrogens is 206 g/mol. The van der Waals surface area contributed by atoms with Crippen LogP contribution in [-0.2, 0) is 0 Å². The third-order valence-electron chi connectivity index (χ3n) is 3.51. The molecule has 1 atom stereocenters. The van der Waals surface area contributed by atoms with E-state index >= 15 is 0 Å². The Morgan fingerprint density at radius 3 is 2.73 bits per heavy atom. The highest BCUT2D eigenvalue weighted by Gasteiger charge is 2.31. The fourth-order valence-corrected chi connectivity index (χ4v) is 2.95. The number of halogens is 1. The molecule has 80 valence electrons. The predicted octanol–water partition coefficient (Wildman–Crippen LogP) is 3.64. The second-order valence-corrected chi connectivity index (χ2v) is 5.07. The highest BCUT2D eigenvalue weighted by molar-refractivity contribution is 6.31. The van der Waals surface area contributed by atoms with Crippen molar-refractivity contribution in [2.24, 2.45) is 0 Å². The van der Waals surface area contributed by atoms with E-state index in [1.807, 2.05) is 6.07 Å². The van der Waals surface area contributed by atoms with Crippen LogP contribution in [0, 0.1) is 0 Å². The Bertz CT molecular complexity index is 365. The van der Waals surface area contributed by atoms with Gasteiger partial charge in [0, 0.05) is 11.1 Å². The smallest absolute Gasteiger partial charge is 0.0444 e. The average molecular weight is 222 g/mol. The summed E-state index contributed by atoms with van der Waals surface area (Å²) in [5.41, 5.74) is 2.89. The van der Waals surface area contributed by atoms with Crippen LogP contribution in [0.5, 0.6) is 0 Å². The minimum Gasteiger partial charge on any atom is -0.310 e. The van der Waals surface area contributed by atoms with Gasteiger partial charge < -0.3 is 5.32 Å². The van der Waals surface area contributed by atoms with Gasteiger partial charge >= 0.3 is 0 Å². The highest BCUT2D eigenvalue weighted by Crippen LogP contribution is 2.46. The van der Waals surface area contributed by atoms with E-state index in [0.29, 0.717) is 6.04 Å². The number of rotatable bonds is 2. The summed E-state index contributed by atoms with van der Waals surface area (Å²) < 4.78 is 0. The summed E-state index contributed by atoms with van der Waals surface area (Å²) in [6.07, 6.45) is 5.20. The second-order valence-electron chi connectivity index (χ2n) is 4.67. The normalized spacial score (nSPS) is 25.8. The van der Waals surface area contributed by atoms with E-state index in [2.05, 4.69) is 17.4 Å². The Balaban J connectivity index is 2.00. The van der Waals surface area contributed by atoms with Crippen LogP contribution in [0.1, 0.15) is 48.8 Å². The monoisotopic (exact) mass is 221 g/mol. The Morgan fingerprint density at radius 2 is 2.07 bits per heavy atom. The first kappa shape index (κ1) is 9.68. The van der Waals surface area contributed by atoms with E-state index in [1.54, 1.807) is 0 Å². The van der Waals surface area contributed by atoms with Gasteiger partial charge in [0.1, 0.15) is 0 Å². The first-order valence-electron chi connectivity index (χ1n) is 5.88. The molecule has 3 rings (SSSR count). The van der Waals surface area contributed by atoms with Crippen LogP contribution in [0.2, 0.25) is 5.02 Å². The standard InChI is InChI=1S/C13H16ClN/c14-11-4-1-3-10(12-5-2-8-15-12)13(11)9-6-7-9/h1,3-4,9,12,15H,2,5-8H2/t12-/m1/s1. The fourth-order valence-electron chi connectivity index (χ4n) is 2.61. The maximum atomic E-state index is 6.32. The molecule has 0 unspecified atom stereocenters. The summed E-state index contributed by atoms with van der Waals surface area (Å²) in [6, 6.07) is 6.93. The first-order chi connectivity index (χ1) is 7.36. The van der Waals surface area contributed by atoms with Crippen LogP contribution in [-0.4, -0.2) is 6.54 Å². The predicted molar refractivity (Wildman–Crippen MR) is 63.4 cm³/mol. The largest absolute Gasteiger partial charge is 0.310 e. The maximum Gasteiger partial charge on any atom is 0.0444 e. The van der Waals surface area contributed by atoms with Gasteiger partial charge in [-0.05, 0) is 55.3 Å². The lowest BCUT2D eigenvalue weighted by atomic mass is 9.96. The Labute approximate surface area is 95.8 Å². The van der Waals surface area contributed by atoms with Crippen molar-refractivity contribution >= 4 is 11.6 Å². The summed E-state index contributed by atoms with van der Waals surface area (Å²) in [6.45, 7) is 1.15. The second kappa shape index (κ2) is 3.80. The number of hydrogen-bond donors (Lipinski definition) is 1. The molecular formula is C13H16ClN. The zero-order chi connectivity index (χ0) is 10.3. The lowest BCUT2D eigenvalue weighted by Gasteiger charge is -2.16. The van der Waals surface area contributed by atoms with Crippen molar-refractivity contribution in [3.05, 3.63) is 34.3 Å². The van der Waals surface area contributed by atoms with Crippen molar-refractivity contribution in [3.8, 4) is 0 Å². The number of nitrogens with one attached hydrogen (secondary N) is 1. The quantitative estimate of drug-likeness (QED) is 0.804. The third kappa shape index (κ3) is 1.79. The Morgan fingerprint density at radius 1 is 1.20 bits per heavy atom. The average Bonchev–Trinajstić information content (AvgIpc) is 2.93. The Kier molecular flexibility index (Phi) is 2.45. The molecule has 1 nitrogen and oxygen atoms in total. The Hall–Kier alpha value is -0.530. The third-order valence-corrected chi connectivity index (χ3v) is 3.84. The van der Waals surface area contributed by atoms with E-state index in [1.165, 1.54) is 36.8 Å². The van der Waals surface area contributed by atoms with E-state index in [-0.39, 0.29) is 0 Å². The summed E-state index contributed by atoms with van der Waals surface area (Å²) in [5, 5.41) is 4.54. The number of hydrogen-bond acceptors (Lipinski definition) is 1. The summed E-state index contributed by atoms with van der Waals surface area (Å²) in [4.78, 5) is 0. The SMILES string of the molecule is Clc1cccc([C@H]2CCCN2)c1C1CC1. The van der Waals surface area contributed by atoms with Crippen LogP contribution in [0.4, 0.5) is 0 Å². The van der Waals surface area contributed by atoms with E-state index in [4.69, 9.17) is 11.6 Å². The van der Waals surface area contributed by atoms with E-state index < -0.39 is 0 Å². The van der Waals surface area contributed by atoms with Gasteiger partial charge in [0.25, 0.3) is 0 Å². The molecule has 0 radical (unpaired) electrons. The lowest BCUT2D eigenvalue weighted by molar-refractivity contribution is 0.640. The number of benzene rings is 1. The van der Waals surface area contributed by atoms with Crippen LogP contribution >= 0.6 is 11.6 Å². The van der Waals surface area contributed by atoms with Gasteiger partial charge in [0.15, 0.2) is 0 Å². The van der Waals surface area contributed by atoms with Gasteiger partial charge in [0.05, 0.1) is 0 Å². The summed E-state index contributed by atoms with van der Waals surface area (Å²) >= 11 is 6.32. The van der Waals surface area contributed by atoms with Crippen molar-refractivity contribution in [3.63, 3.8) is 0 Å². The molecule has 0 amide bonds. The summed E-state index contributed by atoms with van der Waals surface area (Å²) in [5.74, 6) is 0.746. The van der Waals surface area contributed by atoms with Crippen LogP contribution in [0.15, 0.2) is 18.2 Å². The zero-order valence-corrected chi connectivity index (χ0v) is 9.56. The first-order valence-corrected chi connectivity index (χ1v) is 6.26. The van der Waals surface area contributed by atoms with Gasteiger partial charge in [-0.2, -0.15) is 0 Å². The topological polar surface area (TPSA) is 12.0 Å². The van der Waals surface area contributed by atoms with Crippen LogP contribution < -0.4 is 5.32 Å².